The van der Waals surface area contributed by atoms with Crippen LogP contribution in [0.15, 0.2) is 24.3 Å². The molecule has 108 valence electrons. The molecule has 0 bridgehead atoms. The fraction of sp³-hybridized carbons (Fsp3) is 0.500. The molecule has 0 heterocycles. The van der Waals surface area contributed by atoms with Gasteiger partial charge in [-0.3, -0.25) is 0 Å². The smallest absolute Gasteiger partial charge is 0.194 e. The largest absolute Gasteiger partial charge is 0.460 e. The quantitative estimate of drug-likeness (QED) is 0.689. The summed E-state index contributed by atoms with van der Waals surface area (Å²) in [5, 5.41) is 0. The summed E-state index contributed by atoms with van der Waals surface area (Å²) in [5.74, 6) is -11.4. The third-order valence-corrected chi connectivity index (χ3v) is 2.58. The summed E-state index contributed by atoms with van der Waals surface area (Å²) in [7, 11) is 0. The fourth-order valence-corrected chi connectivity index (χ4v) is 1.57. The van der Waals surface area contributed by atoms with Crippen molar-refractivity contribution in [1.82, 2.24) is 0 Å². The second kappa shape index (κ2) is 5.02. The van der Waals surface area contributed by atoms with Gasteiger partial charge in [0.1, 0.15) is 0 Å². The summed E-state index contributed by atoms with van der Waals surface area (Å²) in [4.78, 5) is 0. The van der Waals surface area contributed by atoms with Crippen molar-refractivity contribution in [2.24, 2.45) is 0 Å². The fourth-order valence-electron chi connectivity index (χ4n) is 1.57. The highest BCUT2D eigenvalue weighted by Gasteiger charge is 2.73. The van der Waals surface area contributed by atoms with E-state index in [4.69, 9.17) is 0 Å². The molecule has 0 radical (unpaired) electrons. The second-order valence-corrected chi connectivity index (χ2v) is 4.10. The van der Waals surface area contributed by atoms with E-state index in [1.807, 2.05) is 0 Å². The van der Waals surface area contributed by atoms with E-state index in [0.717, 1.165) is 6.07 Å². The Labute approximate surface area is 105 Å². The lowest BCUT2D eigenvalue weighted by Crippen LogP contribution is -2.50. The molecule has 19 heavy (non-hydrogen) atoms. The summed E-state index contributed by atoms with van der Waals surface area (Å²) in [6.45, 7) is 1.73. The van der Waals surface area contributed by atoms with Crippen molar-refractivity contribution in [3.05, 3.63) is 35.4 Å². The highest BCUT2D eigenvalue weighted by molar-refractivity contribution is 5.29. The summed E-state index contributed by atoms with van der Waals surface area (Å²) in [6, 6.07) is 3.69. The molecule has 0 aliphatic rings. The molecule has 1 rings (SSSR count). The Balaban J connectivity index is 3.23. The summed E-state index contributed by atoms with van der Waals surface area (Å²) >= 11 is 0. The molecule has 0 nitrogen and oxygen atoms in total. The zero-order valence-electron chi connectivity index (χ0n) is 9.87. The van der Waals surface area contributed by atoms with Gasteiger partial charge in [-0.2, -0.15) is 30.7 Å². The maximum absolute atomic E-state index is 13.4. The summed E-state index contributed by atoms with van der Waals surface area (Å²) < 4.78 is 88.5. The number of aryl methyl sites for hydroxylation is 1. The van der Waals surface area contributed by atoms with Gasteiger partial charge in [0.15, 0.2) is 0 Å². The van der Waals surface area contributed by atoms with E-state index < -0.39 is 23.6 Å². The topological polar surface area (TPSA) is 0 Å². The number of halogens is 7. The first kappa shape index (κ1) is 15.8. The van der Waals surface area contributed by atoms with E-state index in [2.05, 4.69) is 0 Å². The van der Waals surface area contributed by atoms with Gasteiger partial charge in [-0.1, -0.05) is 31.5 Å². The molecule has 0 unspecified atom stereocenters. The Hall–Kier alpha value is -1.27. The molecule has 0 amide bonds. The van der Waals surface area contributed by atoms with E-state index in [9.17, 15) is 30.7 Å². The van der Waals surface area contributed by atoms with Gasteiger partial charge in [0, 0.05) is 5.56 Å². The van der Waals surface area contributed by atoms with Crippen LogP contribution in [-0.4, -0.2) is 12.1 Å². The molecule has 0 aliphatic carbocycles. The van der Waals surface area contributed by atoms with E-state index in [1.54, 1.807) is 6.92 Å². The predicted molar refractivity (Wildman–Crippen MR) is 55.3 cm³/mol. The van der Waals surface area contributed by atoms with Crippen LogP contribution >= 0.6 is 0 Å². The Morgan fingerprint density at radius 2 is 1.53 bits per heavy atom. The lowest BCUT2D eigenvalue weighted by Gasteiger charge is -2.28. The zero-order valence-corrected chi connectivity index (χ0v) is 9.87. The van der Waals surface area contributed by atoms with Crippen molar-refractivity contribution in [3.8, 4) is 0 Å². The molecule has 0 saturated carbocycles. The Morgan fingerprint density at radius 1 is 0.947 bits per heavy atom. The van der Waals surface area contributed by atoms with E-state index >= 15 is 0 Å². The van der Waals surface area contributed by atoms with Gasteiger partial charge < -0.3 is 0 Å². The van der Waals surface area contributed by atoms with Crippen molar-refractivity contribution >= 4 is 0 Å². The molecule has 0 spiro atoms. The van der Waals surface area contributed by atoms with Crippen molar-refractivity contribution in [3.63, 3.8) is 0 Å². The van der Waals surface area contributed by atoms with Gasteiger partial charge in [-0.05, 0) is 18.1 Å². The van der Waals surface area contributed by atoms with Crippen molar-refractivity contribution in [2.45, 2.75) is 37.8 Å². The molecule has 1 aromatic rings. The Bertz CT molecular complexity index is 434. The number of benzene rings is 1. The molecular formula is C12H11F7. The van der Waals surface area contributed by atoms with Gasteiger partial charge in [-0.15, -0.1) is 0 Å². The average molecular weight is 288 g/mol. The molecule has 1 aromatic carbocycles. The molecule has 0 fully saturated rings. The second-order valence-electron chi connectivity index (χ2n) is 4.10. The van der Waals surface area contributed by atoms with Crippen molar-refractivity contribution in [1.29, 1.82) is 0 Å². The van der Waals surface area contributed by atoms with Crippen LogP contribution in [0.1, 0.15) is 24.5 Å². The van der Waals surface area contributed by atoms with Crippen molar-refractivity contribution in [2.75, 3.05) is 0 Å². The first-order chi connectivity index (χ1) is 8.54. The number of rotatable bonds is 4. The third kappa shape index (κ3) is 2.84. The van der Waals surface area contributed by atoms with Crippen LogP contribution in [0.4, 0.5) is 30.7 Å². The Kier molecular flexibility index (Phi) is 4.17. The van der Waals surface area contributed by atoms with Gasteiger partial charge in [-0.25, -0.2) is 0 Å². The highest BCUT2D eigenvalue weighted by atomic mass is 19.4. The lowest BCUT2D eigenvalue weighted by atomic mass is 9.98. The minimum atomic E-state index is -6.31. The maximum atomic E-state index is 13.4. The van der Waals surface area contributed by atoms with Crippen LogP contribution in [0, 0.1) is 0 Å². The number of hydrogen-bond donors (Lipinski definition) is 0. The molecule has 0 aliphatic heterocycles. The average Bonchev–Trinajstić information content (AvgIpc) is 2.28. The Morgan fingerprint density at radius 3 is 2.00 bits per heavy atom. The SMILES string of the molecule is CCCc1cccc(C(F)(F)C(F)(F)C(F)(F)F)c1. The highest BCUT2D eigenvalue weighted by Crippen LogP contribution is 2.51. The van der Waals surface area contributed by atoms with Crippen LogP contribution in [-0.2, 0) is 12.3 Å². The van der Waals surface area contributed by atoms with Gasteiger partial charge in [0.05, 0.1) is 0 Å². The summed E-state index contributed by atoms with van der Waals surface area (Å²) in [6.07, 6.45) is -5.43. The number of hydrogen-bond acceptors (Lipinski definition) is 0. The minimum Gasteiger partial charge on any atom is -0.194 e. The minimum absolute atomic E-state index is 0.289. The molecule has 0 aromatic heterocycles. The number of alkyl halides is 7. The van der Waals surface area contributed by atoms with Crippen LogP contribution in [0.3, 0.4) is 0 Å². The molecule has 7 heteroatoms. The van der Waals surface area contributed by atoms with Crippen molar-refractivity contribution < 1.29 is 30.7 Å². The normalized spacial score (nSPS) is 13.7. The predicted octanol–water partition coefficient (Wildman–Crippen LogP) is 4.93. The first-order valence-corrected chi connectivity index (χ1v) is 5.45. The van der Waals surface area contributed by atoms with E-state index in [-0.39, 0.29) is 5.56 Å². The summed E-state index contributed by atoms with van der Waals surface area (Å²) in [5.41, 5.74) is -1.04. The van der Waals surface area contributed by atoms with Crippen LogP contribution in [0.5, 0.6) is 0 Å². The van der Waals surface area contributed by atoms with Gasteiger partial charge in [0.25, 0.3) is 0 Å². The van der Waals surface area contributed by atoms with E-state index in [1.165, 1.54) is 6.07 Å². The van der Waals surface area contributed by atoms with Crippen LogP contribution in [0.2, 0.25) is 0 Å². The van der Waals surface area contributed by atoms with Gasteiger partial charge >= 0.3 is 18.0 Å². The lowest BCUT2D eigenvalue weighted by molar-refractivity contribution is -0.359. The van der Waals surface area contributed by atoms with E-state index in [0.29, 0.717) is 25.0 Å². The molecule has 0 atom stereocenters. The third-order valence-electron chi connectivity index (χ3n) is 2.58. The standard InChI is InChI=1S/C12H11F7/c1-2-4-8-5-3-6-9(7-8)10(13,14)11(15,16)12(17,18)19/h3,5-7H,2,4H2,1H3. The maximum Gasteiger partial charge on any atom is 0.460 e. The first-order valence-electron chi connectivity index (χ1n) is 5.45. The van der Waals surface area contributed by atoms with Crippen LogP contribution in [0.25, 0.3) is 0 Å². The molecule has 0 N–H and O–H groups in total. The molecular weight excluding hydrogens is 277 g/mol. The van der Waals surface area contributed by atoms with Crippen LogP contribution < -0.4 is 0 Å². The zero-order chi connectivity index (χ0) is 14.9. The molecule has 0 saturated heterocycles. The monoisotopic (exact) mass is 288 g/mol. The van der Waals surface area contributed by atoms with Gasteiger partial charge in [0.2, 0.25) is 0 Å².